The second-order valence-corrected chi connectivity index (χ2v) is 8.26. The fourth-order valence-corrected chi connectivity index (χ4v) is 4.11. The van der Waals surface area contributed by atoms with Crippen LogP contribution < -0.4 is 10.1 Å². The molecule has 7 nitrogen and oxygen atoms in total. The van der Waals surface area contributed by atoms with E-state index in [1.54, 1.807) is 54.5 Å². The van der Waals surface area contributed by atoms with Crippen molar-refractivity contribution in [1.29, 1.82) is 0 Å². The summed E-state index contributed by atoms with van der Waals surface area (Å²) in [5.74, 6) is -0.966. The molecule has 4 aromatic rings. The number of alkyl halides is 1. The number of fused-ring (bicyclic) bond motifs is 1. The van der Waals surface area contributed by atoms with E-state index in [0.29, 0.717) is 45.5 Å². The van der Waals surface area contributed by atoms with Crippen LogP contribution in [0, 0.1) is 5.82 Å². The highest BCUT2D eigenvalue weighted by atomic mass is 19.1. The number of hydrogen-bond acceptors (Lipinski definition) is 4. The van der Waals surface area contributed by atoms with Gasteiger partial charge in [0, 0.05) is 37.2 Å². The lowest BCUT2D eigenvalue weighted by Crippen LogP contribution is -2.26. The van der Waals surface area contributed by atoms with Crippen LogP contribution in [0.2, 0.25) is 0 Å². The van der Waals surface area contributed by atoms with Crippen LogP contribution in [0.25, 0.3) is 22.0 Å². The predicted molar refractivity (Wildman–Crippen MR) is 133 cm³/mol. The monoisotopic (exact) mass is 492 g/mol. The van der Waals surface area contributed by atoms with Crippen molar-refractivity contribution < 1.29 is 23.1 Å². The van der Waals surface area contributed by atoms with Crippen molar-refractivity contribution >= 4 is 22.7 Å². The first kappa shape index (κ1) is 24.8. The third-order valence-corrected chi connectivity index (χ3v) is 5.97. The van der Waals surface area contributed by atoms with Crippen molar-refractivity contribution in [2.24, 2.45) is 0 Å². The van der Waals surface area contributed by atoms with E-state index in [1.807, 2.05) is 6.92 Å². The fraction of sp³-hybridized carbons (Fsp3) is 0.222. The van der Waals surface area contributed by atoms with Crippen LogP contribution in [0.1, 0.15) is 38.8 Å². The molecule has 1 aromatic heterocycles. The highest BCUT2D eigenvalue weighted by Gasteiger charge is 2.19. The number of nitrogens with zero attached hydrogens (tertiary/aromatic N) is 2. The maximum absolute atomic E-state index is 14.2. The van der Waals surface area contributed by atoms with Crippen molar-refractivity contribution in [3.63, 3.8) is 0 Å². The summed E-state index contributed by atoms with van der Waals surface area (Å²) in [6.07, 6.45) is 1.58. The fourth-order valence-electron chi connectivity index (χ4n) is 4.11. The zero-order valence-electron chi connectivity index (χ0n) is 20.2. The molecule has 0 saturated heterocycles. The number of aromatic nitrogens is 2. The van der Waals surface area contributed by atoms with E-state index in [4.69, 9.17) is 4.74 Å². The molecule has 0 atom stereocenters. The molecule has 0 aliphatic carbocycles. The molecule has 36 heavy (non-hydrogen) atoms. The Bertz CT molecular complexity index is 1430. The molecule has 2 amide bonds. The summed E-state index contributed by atoms with van der Waals surface area (Å²) in [4.78, 5) is 26.9. The zero-order chi connectivity index (χ0) is 25.8. The highest BCUT2D eigenvalue weighted by Crippen LogP contribution is 2.33. The van der Waals surface area contributed by atoms with Crippen molar-refractivity contribution in [2.75, 3.05) is 20.7 Å². The second-order valence-electron chi connectivity index (χ2n) is 8.26. The highest BCUT2D eigenvalue weighted by molar-refractivity contribution is 5.97. The minimum atomic E-state index is -0.629. The second kappa shape index (κ2) is 10.6. The summed E-state index contributed by atoms with van der Waals surface area (Å²) < 4.78 is 33.2. The molecule has 0 aliphatic heterocycles. The van der Waals surface area contributed by atoms with Crippen molar-refractivity contribution in [1.82, 2.24) is 20.4 Å². The summed E-state index contributed by atoms with van der Waals surface area (Å²) >= 11 is 0. The van der Waals surface area contributed by atoms with Gasteiger partial charge >= 0.3 is 0 Å². The first-order chi connectivity index (χ1) is 17.4. The summed E-state index contributed by atoms with van der Waals surface area (Å²) in [6, 6.07) is 12.7. The lowest BCUT2D eigenvalue weighted by molar-refractivity contribution is 0.0785. The first-order valence-electron chi connectivity index (χ1n) is 11.4. The molecule has 0 aliphatic rings. The number of nitrogens with one attached hydrogen (secondary N) is 2. The summed E-state index contributed by atoms with van der Waals surface area (Å²) in [7, 11) is 3.11. The molecule has 3 aromatic carbocycles. The van der Waals surface area contributed by atoms with E-state index < -0.39 is 18.4 Å². The zero-order valence-corrected chi connectivity index (χ0v) is 20.2. The number of hydrogen-bond donors (Lipinski definition) is 2. The van der Waals surface area contributed by atoms with E-state index in [0.717, 1.165) is 5.56 Å². The van der Waals surface area contributed by atoms with Gasteiger partial charge in [0.1, 0.15) is 18.2 Å². The number of aromatic amines is 1. The van der Waals surface area contributed by atoms with Gasteiger partial charge in [-0.15, -0.1) is 0 Å². The summed E-state index contributed by atoms with van der Waals surface area (Å²) in [5.41, 5.74) is 3.57. The van der Waals surface area contributed by atoms with Crippen molar-refractivity contribution in [2.45, 2.75) is 20.1 Å². The number of rotatable bonds is 8. The van der Waals surface area contributed by atoms with Gasteiger partial charge in [-0.2, -0.15) is 5.10 Å². The Balaban J connectivity index is 1.63. The van der Waals surface area contributed by atoms with E-state index in [-0.39, 0.29) is 18.0 Å². The van der Waals surface area contributed by atoms with Gasteiger partial charge < -0.3 is 15.0 Å². The van der Waals surface area contributed by atoms with Gasteiger partial charge in [-0.3, -0.25) is 14.7 Å². The standard InChI is InChI=1S/C27H26F2N4O3/c1-4-36-24-12-17(7-9-20(24)16-8-10-23(29)21(11-16)26(34)30-2)27(35)33(3)15-19-6-5-18(13-28)22-14-31-32-25(19)22/h5-12,14H,4,13,15H2,1-3H3,(H,30,34)(H,31,32). The van der Waals surface area contributed by atoms with E-state index in [1.165, 1.54) is 19.2 Å². The molecule has 186 valence electrons. The van der Waals surface area contributed by atoms with Crippen LogP contribution in [0.5, 0.6) is 5.75 Å². The number of amides is 2. The molecule has 0 spiro atoms. The largest absolute Gasteiger partial charge is 0.493 e. The number of H-pyrrole nitrogens is 1. The molecule has 9 heteroatoms. The maximum Gasteiger partial charge on any atom is 0.254 e. The van der Waals surface area contributed by atoms with Gasteiger partial charge in [0.2, 0.25) is 0 Å². The molecule has 0 saturated carbocycles. The molecular formula is C27H26F2N4O3. The third kappa shape index (κ3) is 4.77. The SMILES string of the molecule is CCOc1cc(C(=O)N(C)Cc2ccc(CF)c3cn[nH]c23)ccc1-c1ccc(F)c(C(=O)NC)c1. The van der Waals surface area contributed by atoms with Crippen molar-refractivity contribution in [3.05, 3.63) is 82.8 Å². The van der Waals surface area contributed by atoms with Crippen molar-refractivity contribution in [3.8, 4) is 16.9 Å². The number of benzene rings is 3. The number of ether oxygens (including phenoxy) is 1. The third-order valence-electron chi connectivity index (χ3n) is 5.97. The Kier molecular flexibility index (Phi) is 7.28. The Labute approximate surface area is 207 Å². The van der Waals surface area contributed by atoms with Gasteiger partial charge in [0.05, 0.1) is 23.9 Å². The first-order valence-corrected chi connectivity index (χ1v) is 11.4. The van der Waals surface area contributed by atoms with Crippen LogP contribution >= 0.6 is 0 Å². The molecule has 1 heterocycles. The smallest absolute Gasteiger partial charge is 0.254 e. The molecule has 0 fully saturated rings. The minimum absolute atomic E-state index is 0.0822. The molecule has 4 rings (SSSR count). The minimum Gasteiger partial charge on any atom is -0.493 e. The topological polar surface area (TPSA) is 87.3 Å². The van der Waals surface area contributed by atoms with E-state index >= 15 is 0 Å². The Hall–Kier alpha value is -4.27. The quantitative estimate of drug-likeness (QED) is 0.368. The molecule has 0 bridgehead atoms. The van der Waals surface area contributed by atoms with Gasteiger partial charge in [-0.05, 0) is 53.9 Å². The predicted octanol–water partition coefficient (Wildman–Crippen LogP) is 4.87. The van der Waals surface area contributed by atoms with Gasteiger partial charge in [-0.1, -0.05) is 18.2 Å². The molecule has 0 unspecified atom stereocenters. The van der Waals surface area contributed by atoms with Gasteiger partial charge in [-0.25, -0.2) is 8.78 Å². The van der Waals surface area contributed by atoms with Crippen LogP contribution in [0.15, 0.2) is 54.7 Å². The maximum atomic E-state index is 14.2. The summed E-state index contributed by atoms with van der Waals surface area (Å²) in [6.45, 7) is 1.85. The Morgan fingerprint density at radius 1 is 1.11 bits per heavy atom. The summed E-state index contributed by atoms with van der Waals surface area (Å²) in [5, 5.41) is 10.0. The normalized spacial score (nSPS) is 10.9. The van der Waals surface area contributed by atoms with E-state index in [9.17, 15) is 18.4 Å². The van der Waals surface area contributed by atoms with Crippen LogP contribution in [-0.2, 0) is 13.2 Å². The average Bonchev–Trinajstić information content (AvgIpc) is 3.39. The molecular weight excluding hydrogens is 466 g/mol. The number of carbonyl (C=O) groups excluding carboxylic acids is 2. The molecule has 0 radical (unpaired) electrons. The van der Waals surface area contributed by atoms with Gasteiger partial charge in [0.25, 0.3) is 11.8 Å². The van der Waals surface area contributed by atoms with Crippen LogP contribution in [0.4, 0.5) is 8.78 Å². The van der Waals surface area contributed by atoms with Crippen LogP contribution in [0.3, 0.4) is 0 Å². The lowest BCUT2D eigenvalue weighted by Gasteiger charge is -2.19. The van der Waals surface area contributed by atoms with Crippen LogP contribution in [-0.4, -0.2) is 47.6 Å². The number of halogens is 2. The Morgan fingerprint density at radius 2 is 1.89 bits per heavy atom. The number of carbonyl (C=O) groups is 2. The van der Waals surface area contributed by atoms with E-state index in [2.05, 4.69) is 15.5 Å². The Morgan fingerprint density at radius 3 is 2.61 bits per heavy atom. The average molecular weight is 493 g/mol. The molecule has 2 N–H and O–H groups in total. The van der Waals surface area contributed by atoms with Gasteiger partial charge in [0.15, 0.2) is 0 Å². The lowest BCUT2D eigenvalue weighted by atomic mass is 9.99.